The highest BCUT2D eigenvalue weighted by Crippen LogP contribution is 2.29. The lowest BCUT2D eigenvalue weighted by Gasteiger charge is -2.35. The van der Waals surface area contributed by atoms with Crippen molar-refractivity contribution in [2.45, 2.75) is 84.0 Å². The lowest BCUT2D eigenvalue weighted by atomic mass is 9.80. The molecule has 3 atom stereocenters. The maximum absolute atomic E-state index is 10.9. The summed E-state index contributed by atoms with van der Waals surface area (Å²) in [7, 11) is 0. The van der Waals surface area contributed by atoms with E-state index in [2.05, 4.69) is 19.1 Å². The molecule has 1 rings (SSSR count). The molecule has 0 radical (unpaired) electrons. The van der Waals surface area contributed by atoms with E-state index >= 15 is 0 Å². The molecule has 0 spiro atoms. The van der Waals surface area contributed by atoms with Crippen LogP contribution in [0.4, 0.5) is 0 Å². The van der Waals surface area contributed by atoms with E-state index in [1.54, 1.807) is 19.1 Å². The summed E-state index contributed by atoms with van der Waals surface area (Å²) in [5.41, 5.74) is 0.0790. The molecule has 1 aliphatic rings. The Morgan fingerprint density at radius 3 is 2.26 bits per heavy atom. The summed E-state index contributed by atoms with van der Waals surface area (Å²) >= 11 is 0. The zero-order chi connectivity index (χ0) is 17.7. The van der Waals surface area contributed by atoms with E-state index in [1.165, 1.54) is 5.57 Å². The summed E-state index contributed by atoms with van der Waals surface area (Å²) in [5.74, 6) is -0.146. The molecular weight excluding hydrogens is 288 g/mol. The first-order chi connectivity index (χ1) is 10.6. The molecule has 0 heterocycles. The maximum Gasteiger partial charge on any atom is 0.111 e. The number of aliphatic hydroxyl groups is 3. The zero-order valence-electron chi connectivity index (χ0n) is 15.3. The fourth-order valence-corrected chi connectivity index (χ4v) is 2.90. The van der Waals surface area contributed by atoms with E-state index in [-0.39, 0.29) is 5.92 Å². The molecule has 3 nitrogen and oxygen atoms in total. The average molecular weight is 322 g/mol. The third-order valence-electron chi connectivity index (χ3n) is 4.86. The molecule has 0 saturated heterocycles. The summed E-state index contributed by atoms with van der Waals surface area (Å²) in [4.78, 5) is 0. The van der Waals surface area contributed by atoms with Crippen LogP contribution in [-0.2, 0) is 0 Å². The van der Waals surface area contributed by atoms with Gasteiger partial charge in [0.2, 0.25) is 0 Å². The van der Waals surface area contributed by atoms with Crippen molar-refractivity contribution in [1.29, 1.82) is 0 Å². The van der Waals surface area contributed by atoms with Crippen LogP contribution in [0.1, 0.15) is 66.7 Å². The molecule has 0 saturated carbocycles. The number of allylic oxidation sites excluding steroid dienone is 3. The van der Waals surface area contributed by atoms with Gasteiger partial charge in [0.1, 0.15) is 5.60 Å². The lowest BCUT2D eigenvalue weighted by Crippen LogP contribution is -2.46. The van der Waals surface area contributed by atoms with Gasteiger partial charge in [-0.15, -0.1) is 0 Å². The first kappa shape index (κ1) is 20.1. The van der Waals surface area contributed by atoms with Crippen molar-refractivity contribution < 1.29 is 15.3 Å². The highest BCUT2D eigenvalue weighted by molar-refractivity contribution is 5.15. The van der Waals surface area contributed by atoms with Gasteiger partial charge >= 0.3 is 0 Å². The van der Waals surface area contributed by atoms with Crippen LogP contribution in [0.5, 0.6) is 0 Å². The Kier molecular flexibility index (Phi) is 7.25. The molecule has 0 aromatic carbocycles. The first-order valence-electron chi connectivity index (χ1n) is 8.71. The highest BCUT2D eigenvalue weighted by Gasteiger charge is 2.37. The molecule has 0 fully saturated rings. The number of rotatable bonds is 1. The molecule has 3 N–H and O–H groups in total. The molecule has 23 heavy (non-hydrogen) atoms. The molecule has 0 aliphatic heterocycles. The SMILES string of the molecule is C/C1=C\CCC(C)(O)/C=C/C(O)(C(C)C)C(O)C/C(C)=C/CC1. The lowest BCUT2D eigenvalue weighted by molar-refractivity contribution is -0.0697. The summed E-state index contributed by atoms with van der Waals surface area (Å²) in [6, 6.07) is 0. The minimum Gasteiger partial charge on any atom is -0.389 e. The van der Waals surface area contributed by atoms with Crippen molar-refractivity contribution in [1.82, 2.24) is 0 Å². The largest absolute Gasteiger partial charge is 0.389 e. The maximum atomic E-state index is 10.9. The fraction of sp³-hybridized carbons (Fsp3) is 0.700. The quantitative estimate of drug-likeness (QED) is 0.642. The van der Waals surface area contributed by atoms with E-state index in [0.29, 0.717) is 12.8 Å². The molecule has 1 aliphatic carbocycles. The van der Waals surface area contributed by atoms with Crippen LogP contribution in [0.15, 0.2) is 35.5 Å². The second-order valence-electron chi connectivity index (χ2n) is 7.63. The topological polar surface area (TPSA) is 60.7 Å². The Labute approximate surface area is 141 Å². The van der Waals surface area contributed by atoms with Crippen LogP contribution in [0.2, 0.25) is 0 Å². The predicted molar refractivity (Wildman–Crippen MR) is 96.2 cm³/mol. The third kappa shape index (κ3) is 6.25. The molecule has 0 amide bonds. The minimum atomic E-state index is -1.34. The molecule has 3 unspecified atom stereocenters. The van der Waals surface area contributed by atoms with Crippen LogP contribution in [0, 0.1) is 5.92 Å². The molecule has 0 aromatic heterocycles. The molecular formula is C20H34O3. The van der Waals surface area contributed by atoms with Gasteiger partial charge in [0.25, 0.3) is 0 Å². The monoisotopic (exact) mass is 322 g/mol. The molecule has 0 aromatic rings. The van der Waals surface area contributed by atoms with Gasteiger partial charge in [-0.1, -0.05) is 49.3 Å². The Morgan fingerprint density at radius 1 is 1.04 bits per heavy atom. The number of hydrogen-bond donors (Lipinski definition) is 3. The van der Waals surface area contributed by atoms with Crippen molar-refractivity contribution in [2.24, 2.45) is 5.92 Å². The van der Waals surface area contributed by atoms with Crippen molar-refractivity contribution in [3.05, 3.63) is 35.5 Å². The van der Waals surface area contributed by atoms with Gasteiger partial charge in [-0.05, 0) is 58.8 Å². The average Bonchev–Trinajstić information content (AvgIpc) is 2.43. The van der Waals surface area contributed by atoms with Crippen LogP contribution in [-0.4, -0.2) is 32.6 Å². The Hall–Kier alpha value is -0.900. The second kappa shape index (κ2) is 8.27. The summed E-state index contributed by atoms with van der Waals surface area (Å²) < 4.78 is 0. The van der Waals surface area contributed by atoms with E-state index in [0.717, 1.165) is 24.8 Å². The standard InChI is InChI=1S/C20H34O3/c1-15(2)20(23)13-12-19(5,22)11-7-10-16(3)8-6-9-17(4)14-18(20)21/h9-10,12-13,15,18,21-23H,6-8,11,14H2,1-5H3/b13-12+,16-10+,17-9+. The Morgan fingerprint density at radius 2 is 1.65 bits per heavy atom. The summed E-state index contributed by atoms with van der Waals surface area (Å²) in [6.45, 7) is 9.63. The number of aliphatic hydroxyl groups excluding tert-OH is 1. The predicted octanol–water partition coefficient (Wildman–Crippen LogP) is 3.90. The summed E-state index contributed by atoms with van der Waals surface area (Å²) in [5, 5.41) is 32.0. The van der Waals surface area contributed by atoms with Crippen LogP contribution < -0.4 is 0 Å². The third-order valence-corrected chi connectivity index (χ3v) is 4.86. The van der Waals surface area contributed by atoms with Gasteiger partial charge in [0.15, 0.2) is 0 Å². The van der Waals surface area contributed by atoms with Gasteiger partial charge in [0, 0.05) is 0 Å². The fourth-order valence-electron chi connectivity index (χ4n) is 2.90. The summed E-state index contributed by atoms with van der Waals surface area (Å²) in [6.07, 6.45) is 10.4. The first-order valence-corrected chi connectivity index (χ1v) is 8.71. The van der Waals surface area contributed by atoms with Crippen LogP contribution >= 0.6 is 0 Å². The molecule has 132 valence electrons. The molecule has 3 heteroatoms. The van der Waals surface area contributed by atoms with Crippen LogP contribution in [0.25, 0.3) is 0 Å². The van der Waals surface area contributed by atoms with E-state index in [9.17, 15) is 15.3 Å². The minimum absolute atomic E-state index is 0.146. The zero-order valence-corrected chi connectivity index (χ0v) is 15.3. The smallest absolute Gasteiger partial charge is 0.111 e. The van der Waals surface area contributed by atoms with Crippen molar-refractivity contribution >= 4 is 0 Å². The Balaban J connectivity index is 3.13. The van der Waals surface area contributed by atoms with E-state index in [4.69, 9.17) is 0 Å². The molecule has 0 bridgehead atoms. The van der Waals surface area contributed by atoms with Crippen LogP contribution in [0.3, 0.4) is 0 Å². The van der Waals surface area contributed by atoms with Gasteiger partial charge < -0.3 is 15.3 Å². The normalized spacial score (nSPS) is 40.7. The Bertz CT molecular complexity index is 471. The van der Waals surface area contributed by atoms with E-state index < -0.39 is 17.3 Å². The van der Waals surface area contributed by atoms with E-state index in [1.807, 2.05) is 20.8 Å². The number of hydrogen-bond acceptors (Lipinski definition) is 3. The van der Waals surface area contributed by atoms with Gasteiger partial charge in [-0.2, -0.15) is 0 Å². The highest BCUT2D eigenvalue weighted by atomic mass is 16.3. The van der Waals surface area contributed by atoms with Gasteiger partial charge in [-0.3, -0.25) is 0 Å². The van der Waals surface area contributed by atoms with Crippen molar-refractivity contribution in [3.63, 3.8) is 0 Å². The second-order valence-corrected chi connectivity index (χ2v) is 7.63. The van der Waals surface area contributed by atoms with Crippen molar-refractivity contribution in [3.8, 4) is 0 Å². The van der Waals surface area contributed by atoms with Crippen molar-refractivity contribution in [2.75, 3.05) is 0 Å². The van der Waals surface area contributed by atoms with Gasteiger partial charge in [-0.25, -0.2) is 0 Å². The van der Waals surface area contributed by atoms with Gasteiger partial charge in [0.05, 0.1) is 11.7 Å².